The molecule has 0 aliphatic carbocycles. The number of aryl methyl sites for hydroxylation is 1. The summed E-state index contributed by atoms with van der Waals surface area (Å²) >= 11 is 1.30. The summed E-state index contributed by atoms with van der Waals surface area (Å²) in [7, 11) is 0. The lowest BCUT2D eigenvalue weighted by Crippen LogP contribution is -2.28. The van der Waals surface area contributed by atoms with Crippen molar-refractivity contribution < 1.29 is 9.53 Å². The van der Waals surface area contributed by atoms with Crippen molar-refractivity contribution in [3.8, 4) is 0 Å². The highest BCUT2D eigenvalue weighted by molar-refractivity contribution is 8.00. The number of rotatable bonds is 3. The molecule has 0 aromatic carbocycles. The third kappa shape index (κ3) is 5.17. The second-order valence-corrected chi connectivity index (χ2v) is 6.14. The van der Waals surface area contributed by atoms with Gasteiger partial charge in [-0.25, -0.2) is 9.97 Å². The van der Waals surface area contributed by atoms with Crippen LogP contribution in [0.3, 0.4) is 0 Å². The fourth-order valence-corrected chi connectivity index (χ4v) is 1.72. The first-order chi connectivity index (χ1) is 7.78. The van der Waals surface area contributed by atoms with E-state index < -0.39 is 5.60 Å². The largest absolute Gasteiger partial charge is 0.459 e. The molecule has 4 nitrogen and oxygen atoms in total. The lowest BCUT2D eigenvalue weighted by molar-refractivity contribution is -0.153. The molecule has 0 bridgehead atoms. The molecule has 0 fully saturated rings. The van der Waals surface area contributed by atoms with E-state index in [0.29, 0.717) is 5.16 Å². The van der Waals surface area contributed by atoms with E-state index in [4.69, 9.17) is 4.74 Å². The minimum atomic E-state index is -0.458. The van der Waals surface area contributed by atoms with Gasteiger partial charge in [0.25, 0.3) is 0 Å². The zero-order chi connectivity index (χ0) is 13.1. The van der Waals surface area contributed by atoms with Crippen molar-refractivity contribution in [1.29, 1.82) is 0 Å². The number of thioether (sulfide) groups is 1. The second kappa shape index (κ2) is 5.49. The Morgan fingerprint density at radius 3 is 2.35 bits per heavy atom. The molecule has 1 rings (SSSR count). The van der Waals surface area contributed by atoms with Crippen LogP contribution < -0.4 is 0 Å². The summed E-state index contributed by atoms with van der Waals surface area (Å²) < 4.78 is 5.28. The average molecular weight is 254 g/mol. The number of ether oxygens (including phenoxy) is 1. The van der Waals surface area contributed by atoms with Crippen molar-refractivity contribution in [3.05, 3.63) is 18.0 Å². The van der Waals surface area contributed by atoms with E-state index >= 15 is 0 Å². The molecule has 0 N–H and O–H groups in total. The van der Waals surface area contributed by atoms with Crippen LogP contribution in [0.15, 0.2) is 17.6 Å². The highest BCUT2D eigenvalue weighted by Gasteiger charge is 2.23. The minimum Gasteiger partial charge on any atom is -0.459 e. The molecule has 94 valence electrons. The Balaban J connectivity index is 2.57. The van der Waals surface area contributed by atoms with Gasteiger partial charge in [-0.3, -0.25) is 4.79 Å². The molecule has 0 saturated heterocycles. The van der Waals surface area contributed by atoms with Crippen molar-refractivity contribution in [2.45, 2.75) is 50.6 Å². The van der Waals surface area contributed by atoms with Gasteiger partial charge in [-0.2, -0.15) is 0 Å². The summed E-state index contributed by atoms with van der Waals surface area (Å²) in [5, 5.41) is 0.283. The molecule has 17 heavy (non-hydrogen) atoms. The number of hydrogen-bond acceptors (Lipinski definition) is 5. The Labute approximate surface area is 106 Å². The first kappa shape index (κ1) is 14.0. The summed E-state index contributed by atoms with van der Waals surface area (Å²) in [6, 6.07) is 0. The number of esters is 1. The highest BCUT2D eigenvalue weighted by atomic mass is 32.2. The van der Waals surface area contributed by atoms with Crippen LogP contribution in [0.4, 0.5) is 0 Å². The van der Waals surface area contributed by atoms with Gasteiger partial charge in [-0.15, -0.1) is 0 Å². The van der Waals surface area contributed by atoms with Crippen molar-refractivity contribution in [3.63, 3.8) is 0 Å². The van der Waals surface area contributed by atoms with E-state index in [-0.39, 0.29) is 11.2 Å². The maximum Gasteiger partial charge on any atom is 0.319 e. The van der Waals surface area contributed by atoms with Gasteiger partial charge in [0, 0.05) is 12.4 Å². The van der Waals surface area contributed by atoms with E-state index in [2.05, 4.69) is 9.97 Å². The quantitative estimate of drug-likeness (QED) is 0.471. The summed E-state index contributed by atoms with van der Waals surface area (Å²) in [4.78, 5) is 20.0. The molecule has 0 amide bonds. The predicted molar refractivity (Wildman–Crippen MR) is 67.9 cm³/mol. The molecule has 1 unspecified atom stereocenters. The Morgan fingerprint density at radius 2 is 1.88 bits per heavy atom. The van der Waals surface area contributed by atoms with Gasteiger partial charge in [-0.1, -0.05) is 11.8 Å². The lowest BCUT2D eigenvalue weighted by atomic mass is 10.2. The van der Waals surface area contributed by atoms with Crippen molar-refractivity contribution in [2.24, 2.45) is 0 Å². The summed E-state index contributed by atoms with van der Waals surface area (Å²) in [6.07, 6.45) is 3.47. The van der Waals surface area contributed by atoms with E-state index in [9.17, 15) is 4.79 Å². The predicted octanol–water partition coefficient (Wildman–Crippen LogP) is 2.61. The summed E-state index contributed by atoms with van der Waals surface area (Å²) in [6.45, 7) is 9.27. The van der Waals surface area contributed by atoms with Crippen LogP contribution >= 0.6 is 11.8 Å². The van der Waals surface area contributed by atoms with Crippen LogP contribution in [0.1, 0.15) is 33.3 Å². The van der Waals surface area contributed by atoms with Crippen LogP contribution in [-0.4, -0.2) is 26.8 Å². The number of aromatic nitrogens is 2. The van der Waals surface area contributed by atoms with Gasteiger partial charge in [0.1, 0.15) is 10.9 Å². The molecule has 0 saturated carbocycles. The van der Waals surface area contributed by atoms with Gasteiger partial charge in [0.2, 0.25) is 0 Å². The van der Waals surface area contributed by atoms with E-state index in [0.717, 1.165) is 5.56 Å². The second-order valence-electron chi connectivity index (χ2n) is 4.84. The number of hydrogen-bond donors (Lipinski definition) is 0. The average Bonchev–Trinajstić information content (AvgIpc) is 2.19. The molecule has 5 heteroatoms. The van der Waals surface area contributed by atoms with Gasteiger partial charge in [-0.05, 0) is 40.2 Å². The van der Waals surface area contributed by atoms with E-state index in [1.165, 1.54) is 11.8 Å². The van der Waals surface area contributed by atoms with Crippen LogP contribution in [0.2, 0.25) is 0 Å². The Morgan fingerprint density at radius 1 is 1.35 bits per heavy atom. The number of nitrogens with zero attached hydrogens (tertiary/aromatic N) is 2. The molecule has 0 radical (unpaired) electrons. The Hall–Kier alpha value is -1.10. The zero-order valence-electron chi connectivity index (χ0n) is 10.9. The monoisotopic (exact) mass is 254 g/mol. The normalized spacial score (nSPS) is 13.2. The first-order valence-electron chi connectivity index (χ1n) is 5.46. The van der Waals surface area contributed by atoms with Gasteiger partial charge >= 0.3 is 5.97 Å². The highest BCUT2D eigenvalue weighted by Crippen LogP contribution is 2.21. The standard InChI is InChI=1S/C12H18N2O2S/c1-8-6-13-11(14-7-8)17-9(2)10(15)16-12(3,4)5/h6-7,9H,1-5H3. The van der Waals surface area contributed by atoms with Gasteiger partial charge in [0.15, 0.2) is 5.16 Å². The third-order valence-electron chi connectivity index (χ3n) is 1.78. The molecule has 1 heterocycles. The van der Waals surface area contributed by atoms with Crippen molar-refractivity contribution >= 4 is 17.7 Å². The van der Waals surface area contributed by atoms with E-state index in [1.807, 2.05) is 27.7 Å². The zero-order valence-corrected chi connectivity index (χ0v) is 11.7. The minimum absolute atomic E-state index is 0.244. The van der Waals surface area contributed by atoms with Crippen molar-refractivity contribution in [1.82, 2.24) is 9.97 Å². The summed E-state index contributed by atoms with van der Waals surface area (Å²) in [5.74, 6) is -0.244. The molecule has 1 aromatic rings. The third-order valence-corrected chi connectivity index (χ3v) is 2.75. The smallest absolute Gasteiger partial charge is 0.319 e. The molecular formula is C12H18N2O2S. The van der Waals surface area contributed by atoms with Crippen LogP contribution in [0.25, 0.3) is 0 Å². The first-order valence-corrected chi connectivity index (χ1v) is 6.34. The molecular weight excluding hydrogens is 236 g/mol. The van der Waals surface area contributed by atoms with E-state index in [1.54, 1.807) is 19.3 Å². The molecule has 1 atom stereocenters. The topological polar surface area (TPSA) is 52.1 Å². The van der Waals surface area contributed by atoms with Crippen LogP contribution in [-0.2, 0) is 9.53 Å². The van der Waals surface area contributed by atoms with Crippen LogP contribution in [0, 0.1) is 6.92 Å². The summed E-state index contributed by atoms with van der Waals surface area (Å²) in [5.41, 5.74) is 0.541. The van der Waals surface area contributed by atoms with Gasteiger partial charge in [0.05, 0.1) is 0 Å². The lowest BCUT2D eigenvalue weighted by Gasteiger charge is -2.21. The number of carbonyl (C=O) groups excluding carboxylic acids is 1. The molecule has 0 spiro atoms. The maximum atomic E-state index is 11.7. The Kier molecular flexibility index (Phi) is 4.51. The Bertz CT molecular complexity index is 384. The number of carbonyl (C=O) groups is 1. The van der Waals surface area contributed by atoms with Crippen LogP contribution in [0.5, 0.6) is 0 Å². The fourth-order valence-electron chi connectivity index (χ4n) is 1.03. The molecule has 0 aliphatic heterocycles. The fraction of sp³-hybridized carbons (Fsp3) is 0.583. The maximum absolute atomic E-state index is 11.7. The molecule has 0 aliphatic rings. The van der Waals surface area contributed by atoms with Crippen molar-refractivity contribution in [2.75, 3.05) is 0 Å². The SMILES string of the molecule is Cc1cnc(SC(C)C(=O)OC(C)(C)C)nc1. The van der Waals surface area contributed by atoms with Gasteiger partial charge < -0.3 is 4.74 Å². The molecule has 1 aromatic heterocycles.